The van der Waals surface area contributed by atoms with Gasteiger partial charge in [-0.05, 0) is 30.7 Å². The molecule has 0 radical (unpaired) electrons. The van der Waals surface area contributed by atoms with E-state index in [9.17, 15) is 9.90 Å². The van der Waals surface area contributed by atoms with Crippen molar-refractivity contribution in [2.75, 3.05) is 6.61 Å². The zero-order valence-corrected chi connectivity index (χ0v) is 22.3. The molecule has 0 atom stereocenters. The minimum absolute atomic E-state index is 0.163. The van der Waals surface area contributed by atoms with Crippen molar-refractivity contribution in [2.24, 2.45) is 0 Å². The molecule has 3 heteroatoms. The van der Waals surface area contributed by atoms with E-state index in [4.69, 9.17) is 4.74 Å². The van der Waals surface area contributed by atoms with Crippen LogP contribution in [0, 0.1) is 0 Å². The molecular weight excluding hydrogens is 420 g/mol. The van der Waals surface area contributed by atoms with Gasteiger partial charge in [-0.25, -0.2) is 4.79 Å². The Hall–Kier alpha value is -1.51. The van der Waals surface area contributed by atoms with Crippen LogP contribution in [0.2, 0.25) is 0 Å². The minimum atomic E-state index is -0.302. The molecule has 0 amide bonds. The van der Waals surface area contributed by atoms with Crippen molar-refractivity contribution in [1.82, 2.24) is 0 Å². The van der Waals surface area contributed by atoms with Crippen molar-refractivity contribution in [3.63, 3.8) is 0 Å². The Bertz CT molecular complexity index is 567. The van der Waals surface area contributed by atoms with Crippen LogP contribution in [-0.2, 0) is 4.74 Å². The molecule has 0 heterocycles. The fourth-order valence-corrected chi connectivity index (χ4v) is 4.56. The molecule has 3 nitrogen and oxygen atoms in total. The van der Waals surface area contributed by atoms with Crippen LogP contribution in [0.25, 0.3) is 0 Å². The largest absolute Gasteiger partial charge is 0.508 e. The van der Waals surface area contributed by atoms with Gasteiger partial charge in [-0.2, -0.15) is 0 Å². The normalized spacial score (nSPS) is 11.1. The fourth-order valence-electron chi connectivity index (χ4n) is 4.56. The maximum absolute atomic E-state index is 11.9. The smallest absolute Gasteiger partial charge is 0.338 e. The molecule has 0 aromatic heterocycles. The third-order valence-corrected chi connectivity index (χ3v) is 6.83. The molecule has 0 bridgehead atoms. The average Bonchev–Trinajstić information content (AvgIpc) is 2.84. The number of benzene rings is 1. The first-order chi connectivity index (χ1) is 16.7. The second kappa shape index (κ2) is 23.2. The Morgan fingerprint density at radius 2 is 0.882 bits per heavy atom. The first-order valence-corrected chi connectivity index (χ1v) is 14.7. The van der Waals surface area contributed by atoms with E-state index < -0.39 is 0 Å². The van der Waals surface area contributed by atoms with Crippen molar-refractivity contribution in [3.8, 4) is 5.75 Å². The lowest BCUT2D eigenvalue weighted by Gasteiger charge is -2.05. The van der Waals surface area contributed by atoms with Gasteiger partial charge in [0.15, 0.2) is 0 Å². The van der Waals surface area contributed by atoms with Crippen molar-refractivity contribution >= 4 is 5.97 Å². The van der Waals surface area contributed by atoms with E-state index in [-0.39, 0.29) is 11.7 Å². The number of carbonyl (C=O) groups is 1. The summed E-state index contributed by atoms with van der Waals surface area (Å²) < 4.78 is 5.29. The number of phenolic OH excluding ortho intramolecular Hbond substituents is 1. The summed E-state index contributed by atoms with van der Waals surface area (Å²) in [5, 5.41) is 9.25. The summed E-state index contributed by atoms with van der Waals surface area (Å²) >= 11 is 0. The molecule has 0 saturated heterocycles. The maximum Gasteiger partial charge on any atom is 0.338 e. The molecule has 1 aromatic carbocycles. The molecule has 0 aliphatic carbocycles. The van der Waals surface area contributed by atoms with E-state index in [1.165, 1.54) is 141 Å². The molecule has 0 fully saturated rings. The number of unbranched alkanes of at least 4 members (excludes halogenated alkanes) is 21. The number of rotatable bonds is 24. The van der Waals surface area contributed by atoms with Crippen molar-refractivity contribution in [3.05, 3.63) is 29.8 Å². The van der Waals surface area contributed by atoms with Crippen molar-refractivity contribution in [2.45, 2.75) is 148 Å². The third kappa shape index (κ3) is 18.9. The van der Waals surface area contributed by atoms with Gasteiger partial charge in [-0.3, -0.25) is 0 Å². The van der Waals surface area contributed by atoms with Crippen molar-refractivity contribution in [1.29, 1.82) is 0 Å². The maximum atomic E-state index is 11.9. The third-order valence-electron chi connectivity index (χ3n) is 6.83. The summed E-state index contributed by atoms with van der Waals surface area (Å²) in [6, 6.07) is 6.21. The number of aromatic hydroxyl groups is 1. The van der Waals surface area contributed by atoms with Crippen LogP contribution in [0.4, 0.5) is 0 Å². The number of hydrogen-bond donors (Lipinski definition) is 1. The van der Waals surface area contributed by atoms with Gasteiger partial charge in [-0.15, -0.1) is 0 Å². The van der Waals surface area contributed by atoms with Crippen LogP contribution >= 0.6 is 0 Å². The van der Waals surface area contributed by atoms with E-state index in [0.717, 1.165) is 12.8 Å². The summed E-state index contributed by atoms with van der Waals surface area (Å²) in [4.78, 5) is 11.9. The standard InChI is InChI=1S/C31H54O3/c1-2-3-4-5-6-7-8-9-10-11-12-13-14-15-16-17-18-19-20-21-22-23-28-34-31(33)29-24-26-30(32)27-25-29/h24-27,32H,2-23,28H2,1H3. The lowest BCUT2D eigenvalue weighted by Crippen LogP contribution is -2.06. The Morgan fingerprint density at radius 1 is 0.559 bits per heavy atom. The summed E-state index contributed by atoms with van der Waals surface area (Å²) in [7, 11) is 0. The predicted molar refractivity (Wildman–Crippen MR) is 146 cm³/mol. The number of carbonyl (C=O) groups excluding carboxylic acids is 1. The van der Waals surface area contributed by atoms with E-state index in [0.29, 0.717) is 12.2 Å². The number of esters is 1. The van der Waals surface area contributed by atoms with Gasteiger partial charge in [-0.1, -0.05) is 142 Å². The van der Waals surface area contributed by atoms with E-state index in [2.05, 4.69) is 6.92 Å². The summed E-state index contributed by atoms with van der Waals surface area (Å²) in [5.41, 5.74) is 0.497. The minimum Gasteiger partial charge on any atom is -0.508 e. The van der Waals surface area contributed by atoms with Gasteiger partial charge in [0.1, 0.15) is 5.75 Å². The number of hydrogen-bond acceptors (Lipinski definition) is 3. The number of phenols is 1. The zero-order valence-electron chi connectivity index (χ0n) is 22.3. The molecule has 0 spiro atoms. The van der Waals surface area contributed by atoms with E-state index in [1.807, 2.05) is 0 Å². The lowest BCUT2D eigenvalue weighted by atomic mass is 10.0. The topological polar surface area (TPSA) is 46.5 Å². The lowest BCUT2D eigenvalue weighted by molar-refractivity contribution is 0.0497. The summed E-state index contributed by atoms with van der Waals surface area (Å²) in [6.45, 7) is 2.77. The highest BCUT2D eigenvalue weighted by Crippen LogP contribution is 2.15. The van der Waals surface area contributed by atoms with Crippen LogP contribution in [-0.4, -0.2) is 17.7 Å². The highest BCUT2D eigenvalue weighted by atomic mass is 16.5. The molecule has 1 rings (SSSR count). The molecule has 0 aliphatic rings. The first-order valence-electron chi connectivity index (χ1n) is 14.7. The summed E-state index contributed by atoms with van der Waals surface area (Å²) in [6.07, 6.45) is 30.2. The SMILES string of the molecule is CCCCCCCCCCCCCCCCCCCCCCCCOC(=O)c1ccc(O)cc1. The molecule has 0 saturated carbocycles. The van der Waals surface area contributed by atoms with Gasteiger partial charge in [0.2, 0.25) is 0 Å². The van der Waals surface area contributed by atoms with E-state index in [1.54, 1.807) is 12.1 Å². The second-order valence-corrected chi connectivity index (χ2v) is 10.1. The molecular formula is C31H54O3. The highest BCUT2D eigenvalue weighted by molar-refractivity contribution is 5.89. The van der Waals surface area contributed by atoms with Gasteiger partial charge in [0, 0.05) is 0 Å². The Morgan fingerprint density at radius 3 is 1.24 bits per heavy atom. The summed E-state index contributed by atoms with van der Waals surface area (Å²) in [5.74, 6) is -0.139. The van der Waals surface area contributed by atoms with Gasteiger partial charge >= 0.3 is 5.97 Å². The van der Waals surface area contributed by atoms with Crippen LogP contribution in [0.1, 0.15) is 159 Å². The molecule has 1 N–H and O–H groups in total. The molecule has 0 aliphatic heterocycles. The van der Waals surface area contributed by atoms with Crippen LogP contribution < -0.4 is 0 Å². The Labute approximate surface area is 211 Å². The molecule has 196 valence electrons. The van der Waals surface area contributed by atoms with Crippen LogP contribution in [0.5, 0.6) is 5.75 Å². The van der Waals surface area contributed by atoms with Gasteiger partial charge < -0.3 is 9.84 Å². The molecule has 1 aromatic rings. The molecule has 0 unspecified atom stereocenters. The zero-order chi connectivity index (χ0) is 24.5. The van der Waals surface area contributed by atoms with Gasteiger partial charge in [0.25, 0.3) is 0 Å². The first kappa shape index (κ1) is 30.5. The van der Waals surface area contributed by atoms with E-state index >= 15 is 0 Å². The predicted octanol–water partition coefficient (Wildman–Crippen LogP) is 10.2. The average molecular weight is 475 g/mol. The Kier molecular flexibility index (Phi) is 20.9. The van der Waals surface area contributed by atoms with Crippen LogP contribution in [0.3, 0.4) is 0 Å². The number of ether oxygens (including phenoxy) is 1. The fraction of sp³-hybridized carbons (Fsp3) is 0.774. The molecule has 34 heavy (non-hydrogen) atoms. The van der Waals surface area contributed by atoms with Gasteiger partial charge in [0.05, 0.1) is 12.2 Å². The van der Waals surface area contributed by atoms with Crippen molar-refractivity contribution < 1.29 is 14.6 Å². The highest BCUT2D eigenvalue weighted by Gasteiger charge is 2.06. The second-order valence-electron chi connectivity index (χ2n) is 10.1. The quantitative estimate of drug-likeness (QED) is 0.120. The van der Waals surface area contributed by atoms with Crippen LogP contribution in [0.15, 0.2) is 24.3 Å². The monoisotopic (exact) mass is 474 g/mol. The Balaban J connectivity index is 1.71.